The van der Waals surface area contributed by atoms with Gasteiger partial charge in [-0.15, -0.1) is 0 Å². The normalized spacial score (nSPS) is 17.4. The van der Waals surface area contributed by atoms with E-state index >= 15 is 0 Å². The minimum Gasteiger partial charge on any atom is -0.353 e. The number of fused-ring (bicyclic) bond motifs is 1. The van der Waals surface area contributed by atoms with Gasteiger partial charge in [-0.25, -0.2) is 13.4 Å². The molecule has 3 rings (SSSR count). The molecule has 2 aromatic rings. The largest absolute Gasteiger partial charge is 0.353 e. The van der Waals surface area contributed by atoms with Gasteiger partial charge in [0.05, 0.1) is 15.6 Å². The van der Waals surface area contributed by atoms with Crippen molar-refractivity contribution in [1.29, 1.82) is 0 Å². The van der Waals surface area contributed by atoms with E-state index in [1.807, 2.05) is 26.8 Å². The van der Waals surface area contributed by atoms with Crippen molar-refractivity contribution in [2.24, 2.45) is 0 Å². The Labute approximate surface area is 164 Å². The summed E-state index contributed by atoms with van der Waals surface area (Å²) in [6.45, 7) is 8.90. The lowest BCUT2D eigenvalue weighted by atomic mass is 10.2. The van der Waals surface area contributed by atoms with Gasteiger partial charge in [0.1, 0.15) is 5.52 Å². The summed E-state index contributed by atoms with van der Waals surface area (Å²) in [7, 11) is -3.31. The maximum absolute atomic E-state index is 12.2. The molecule has 1 unspecified atom stereocenters. The van der Waals surface area contributed by atoms with Gasteiger partial charge < -0.3 is 10.2 Å². The first kappa shape index (κ1) is 20.0. The first-order valence-corrected chi connectivity index (χ1v) is 11.8. The number of carbonyl (C=O) groups excluding carboxylic acids is 1. The first-order valence-electron chi connectivity index (χ1n) is 9.06. The maximum atomic E-state index is 12.2. The smallest absolute Gasteiger partial charge is 0.237 e. The Kier molecular flexibility index (Phi) is 5.73. The Bertz CT molecular complexity index is 931. The van der Waals surface area contributed by atoms with E-state index in [4.69, 9.17) is 0 Å². The molecule has 0 spiro atoms. The van der Waals surface area contributed by atoms with Crippen LogP contribution in [0.15, 0.2) is 23.1 Å². The number of hydrogen-bond donors (Lipinski definition) is 1. The second-order valence-corrected chi connectivity index (χ2v) is 10.2. The third kappa shape index (κ3) is 4.41. The van der Waals surface area contributed by atoms with Crippen molar-refractivity contribution < 1.29 is 13.2 Å². The third-order valence-corrected chi connectivity index (χ3v) is 6.92. The molecule has 0 aliphatic carbocycles. The van der Waals surface area contributed by atoms with E-state index in [1.165, 1.54) is 17.6 Å². The summed E-state index contributed by atoms with van der Waals surface area (Å²) in [5.41, 5.74) is 0.548. The van der Waals surface area contributed by atoms with Crippen molar-refractivity contribution in [2.75, 3.05) is 37.3 Å². The number of amides is 1. The molecule has 27 heavy (non-hydrogen) atoms. The molecule has 0 saturated carbocycles. The molecule has 7 nitrogen and oxygen atoms in total. The van der Waals surface area contributed by atoms with Crippen LogP contribution in [0.4, 0.5) is 5.13 Å². The molecular formula is C18H26N4O3S2. The first-order chi connectivity index (χ1) is 12.7. The van der Waals surface area contributed by atoms with E-state index in [0.29, 0.717) is 5.52 Å². The Balaban J connectivity index is 1.72. The van der Waals surface area contributed by atoms with Crippen LogP contribution < -0.4 is 10.2 Å². The van der Waals surface area contributed by atoms with Crippen LogP contribution >= 0.6 is 11.3 Å². The van der Waals surface area contributed by atoms with Crippen molar-refractivity contribution in [3.8, 4) is 0 Å². The Morgan fingerprint density at radius 3 is 2.44 bits per heavy atom. The number of rotatable bonds is 5. The molecule has 9 heteroatoms. The summed E-state index contributed by atoms with van der Waals surface area (Å²) in [5, 5.41) is 3.79. The lowest BCUT2D eigenvalue weighted by molar-refractivity contribution is -0.126. The number of thiazole rings is 1. The number of anilines is 1. The SMILES string of the molecule is CC(C)NC(=O)C(C)N1CCN(c2nc3c(S(C)(=O)=O)cccc3s2)CC1. The zero-order valence-electron chi connectivity index (χ0n) is 16.1. The summed E-state index contributed by atoms with van der Waals surface area (Å²) in [6.07, 6.45) is 1.21. The number of benzene rings is 1. The van der Waals surface area contributed by atoms with Crippen molar-refractivity contribution in [3.63, 3.8) is 0 Å². The van der Waals surface area contributed by atoms with Crippen LogP contribution in [-0.4, -0.2) is 68.7 Å². The summed E-state index contributed by atoms with van der Waals surface area (Å²) >= 11 is 1.51. The van der Waals surface area contributed by atoms with Gasteiger partial charge >= 0.3 is 0 Å². The highest BCUT2D eigenvalue weighted by Crippen LogP contribution is 2.33. The summed E-state index contributed by atoms with van der Waals surface area (Å²) < 4.78 is 24.9. The van der Waals surface area contributed by atoms with E-state index in [0.717, 1.165) is 36.0 Å². The van der Waals surface area contributed by atoms with Gasteiger partial charge in [-0.1, -0.05) is 17.4 Å². The number of carbonyl (C=O) groups is 1. The molecule has 1 fully saturated rings. The monoisotopic (exact) mass is 410 g/mol. The average Bonchev–Trinajstić information content (AvgIpc) is 3.03. The number of aromatic nitrogens is 1. The second-order valence-electron chi connectivity index (χ2n) is 7.23. The van der Waals surface area contributed by atoms with E-state index in [-0.39, 0.29) is 22.9 Å². The van der Waals surface area contributed by atoms with Crippen molar-refractivity contribution in [3.05, 3.63) is 18.2 Å². The summed E-state index contributed by atoms with van der Waals surface area (Å²) in [5.74, 6) is 0.0521. The standard InChI is InChI=1S/C18H26N4O3S2/c1-12(2)19-17(23)13(3)21-8-10-22(11-9-21)18-20-16-14(26-18)6-5-7-15(16)27(4,24)25/h5-7,12-13H,8-11H2,1-4H3,(H,19,23). The minimum atomic E-state index is -3.31. The molecule has 1 amide bonds. The highest BCUT2D eigenvalue weighted by Gasteiger charge is 2.27. The van der Waals surface area contributed by atoms with Gasteiger partial charge in [0, 0.05) is 38.5 Å². The molecule has 0 radical (unpaired) electrons. The highest BCUT2D eigenvalue weighted by atomic mass is 32.2. The number of piperazine rings is 1. The van der Waals surface area contributed by atoms with Gasteiger partial charge in [0.2, 0.25) is 5.91 Å². The van der Waals surface area contributed by atoms with Crippen LogP contribution in [-0.2, 0) is 14.6 Å². The molecule has 1 aromatic heterocycles. The zero-order chi connectivity index (χ0) is 19.8. The maximum Gasteiger partial charge on any atom is 0.237 e. The molecule has 1 atom stereocenters. The van der Waals surface area contributed by atoms with Gasteiger partial charge in [-0.05, 0) is 32.9 Å². The number of para-hydroxylation sites is 1. The van der Waals surface area contributed by atoms with E-state index in [9.17, 15) is 13.2 Å². The predicted molar refractivity (Wildman–Crippen MR) is 109 cm³/mol. The lowest BCUT2D eigenvalue weighted by Gasteiger charge is -2.37. The zero-order valence-corrected chi connectivity index (χ0v) is 17.7. The lowest BCUT2D eigenvalue weighted by Crippen LogP contribution is -2.54. The van der Waals surface area contributed by atoms with Crippen molar-refractivity contribution in [2.45, 2.75) is 37.8 Å². The Morgan fingerprint density at radius 1 is 1.19 bits per heavy atom. The van der Waals surface area contributed by atoms with Crippen molar-refractivity contribution in [1.82, 2.24) is 15.2 Å². The molecule has 1 aromatic carbocycles. The quantitative estimate of drug-likeness (QED) is 0.808. The van der Waals surface area contributed by atoms with Crippen LogP contribution in [0, 0.1) is 0 Å². The fourth-order valence-electron chi connectivity index (χ4n) is 3.22. The topological polar surface area (TPSA) is 82.6 Å². The Morgan fingerprint density at radius 2 is 1.85 bits per heavy atom. The highest BCUT2D eigenvalue weighted by molar-refractivity contribution is 7.91. The van der Waals surface area contributed by atoms with Crippen LogP contribution in [0.1, 0.15) is 20.8 Å². The molecule has 0 bridgehead atoms. The van der Waals surface area contributed by atoms with Gasteiger partial charge in [0.25, 0.3) is 0 Å². The van der Waals surface area contributed by atoms with Gasteiger partial charge in [-0.3, -0.25) is 9.69 Å². The summed E-state index contributed by atoms with van der Waals surface area (Å²) in [6, 6.07) is 5.23. The number of sulfone groups is 1. The van der Waals surface area contributed by atoms with Crippen LogP contribution in [0.2, 0.25) is 0 Å². The number of nitrogens with zero attached hydrogens (tertiary/aromatic N) is 3. The number of nitrogens with one attached hydrogen (secondary N) is 1. The molecule has 1 N–H and O–H groups in total. The van der Waals surface area contributed by atoms with E-state index < -0.39 is 9.84 Å². The van der Waals surface area contributed by atoms with Crippen LogP contribution in [0.3, 0.4) is 0 Å². The molecule has 1 aliphatic heterocycles. The summed E-state index contributed by atoms with van der Waals surface area (Å²) in [4.78, 5) is 21.4. The van der Waals surface area contributed by atoms with E-state index in [2.05, 4.69) is 20.1 Å². The fraction of sp³-hybridized carbons (Fsp3) is 0.556. The minimum absolute atomic E-state index is 0.0521. The molecule has 2 heterocycles. The third-order valence-electron chi connectivity index (χ3n) is 4.71. The number of hydrogen-bond acceptors (Lipinski definition) is 7. The second kappa shape index (κ2) is 7.73. The average molecular weight is 411 g/mol. The van der Waals surface area contributed by atoms with Crippen LogP contribution in [0.25, 0.3) is 10.2 Å². The van der Waals surface area contributed by atoms with E-state index in [1.54, 1.807) is 12.1 Å². The fourth-order valence-corrected chi connectivity index (χ4v) is 5.16. The van der Waals surface area contributed by atoms with Gasteiger partial charge in [0.15, 0.2) is 15.0 Å². The van der Waals surface area contributed by atoms with Crippen molar-refractivity contribution >= 4 is 42.4 Å². The molecular weight excluding hydrogens is 384 g/mol. The predicted octanol–water partition coefficient (Wildman–Crippen LogP) is 1.73. The molecule has 1 saturated heterocycles. The Hall–Kier alpha value is -1.71. The van der Waals surface area contributed by atoms with Crippen LogP contribution in [0.5, 0.6) is 0 Å². The van der Waals surface area contributed by atoms with Gasteiger partial charge in [-0.2, -0.15) is 0 Å². The molecule has 148 valence electrons. The molecule has 1 aliphatic rings.